The number of nitro benzene ring substituents is 2. The summed E-state index contributed by atoms with van der Waals surface area (Å²) in [5.41, 5.74) is -0.241. The van der Waals surface area contributed by atoms with Gasteiger partial charge in [-0.3, -0.25) is 20.2 Å². The maximum absolute atomic E-state index is 12.4. The van der Waals surface area contributed by atoms with Crippen molar-refractivity contribution in [3.63, 3.8) is 0 Å². The third kappa shape index (κ3) is 2.24. The molecule has 0 saturated heterocycles. The van der Waals surface area contributed by atoms with Crippen molar-refractivity contribution in [3.8, 4) is 0 Å². The Hall–Kier alpha value is -2.39. The van der Waals surface area contributed by atoms with Crippen LogP contribution >= 0.6 is 0 Å². The lowest BCUT2D eigenvalue weighted by atomic mass is 10.1. The first-order valence-corrected chi connectivity index (χ1v) is 3.94. The Labute approximate surface area is 90.9 Å². The highest BCUT2D eigenvalue weighted by atomic mass is 19.4. The molecule has 0 aliphatic carbocycles. The third-order valence-electron chi connectivity index (χ3n) is 1.88. The van der Waals surface area contributed by atoms with Gasteiger partial charge in [-0.25, -0.2) is 0 Å². The molecule has 0 fully saturated rings. The van der Waals surface area contributed by atoms with Crippen LogP contribution in [0, 0.1) is 20.2 Å². The zero-order chi connectivity index (χ0) is 13.4. The quantitative estimate of drug-likeness (QED) is 0.491. The molecule has 0 spiro atoms. The van der Waals surface area contributed by atoms with Gasteiger partial charge in [-0.15, -0.1) is 0 Å². The second-order valence-electron chi connectivity index (χ2n) is 2.91. The van der Waals surface area contributed by atoms with Gasteiger partial charge in [-0.05, 0) is 6.07 Å². The van der Waals surface area contributed by atoms with Crippen LogP contribution in [0.25, 0.3) is 0 Å². The SMILES string of the molecule is Nc1c(C(F)(F)F)ccc([N+](=O)[O-])c1[N+](=O)[O-]. The second kappa shape index (κ2) is 3.88. The number of alkyl halides is 3. The molecule has 0 amide bonds. The highest BCUT2D eigenvalue weighted by molar-refractivity contribution is 5.73. The van der Waals surface area contributed by atoms with E-state index in [0.29, 0.717) is 12.1 Å². The van der Waals surface area contributed by atoms with E-state index in [1.54, 1.807) is 0 Å². The Balaban J connectivity index is 3.61. The first kappa shape index (κ1) is 12.7. The monoisotopic (exact) mass is 251 g/mol. The standard InChI is InChI=1S/C7H4F3N3O4/c8-7(9,10)3-1-2-4(12(14)15)6(5(3)11)13(16)17/h1-2H,11H2. The Morgan fingerprint density at radius 2 is 1.65 bits per heavy atom. The molecule has 0 bridgehead atoms. The molecule has 0 radical (unpaired) electrons. The zero-order valence-electron chi connectivity index (χ0n) is 7.89. The number of hydrogen-bond acceptors (Lipinski definition) is 5. The number of halogens is 3. The Morgan fingerprint density at radius 1 is 1.12 bits per heavy atom. The van der Waals surface area contributed by atoms with Gasteiger partial charge in [0.2, 0.25) is 0 Å². The lowest BCUT2D eigenvalue weighted by molar-refractivity contribution is -0.422. The average molecular weight is 251 g/mol. The van der Waals surface area contributed by atoms with Gasteiger partial charge in [0, 0.05) is 6.07 Å². The fourth-order valence-corrected chi connectivity index (χ4v) is 1.18. The maximum Gasteiger partial charge on any atom is 0.418 e. The van der Waals surface area contributed by atoms with E-state index in [1.807, 2.05) is 0 Å². The molecule has 0 atom stereocenters. The van der Waals surface area contributed by atoms with E-state index < -0.39 is 38.6 Å². The van der Waals surface area contributed by atoms with Gasteiger partial charge < -0.3 is 5.73 Å². The minimum Gasteiger partial charge on any atom is -0.392 e. The van der Waals surface area contributed by atoms with Crippen molar-refractivity contribution in [1.82, 2.24) is 0 Å². The molecule has 0 saturated carbocycles. The Bertz CT molecular complexity index is 500. The van der Waals surface area contributed by atoms with E-state index in [-0.39, 0.29) is 0 Å². The zero-order valence-corrected chi connectivity index (χ0v) is 7.89. The van der Waals surface area contributed by atoms with Crippen LogP contribution in [0.15, 0.2) is 12.1 Å². The summed E-state index contributed by atoms with van der Waals surface area (Å²) in [5.74, 6) is 0. The molecule has 2 N–H and O–H groups in total. The summed E-state index contributed by atoms with van der Waals surface area (Å²) in [5, 5.41) is 20.9. The fraction of sp³-hybridized carbons (Fsp3) is 0.143. The van der Waals surface area contributed by atoms with Gasteiger partial charge in [0.15, 0.2) is 0 Å². The van der Waals surface area contributed by atoms with E-state index in [4.69, 9.17) is 5.73 Å². The van der Waals surface area contributed by atoms with Gasteiger partial charge in [0.05, 0.1) is 15.4 Å². The summed E-state index contributed by atoms with van der Waals surface area (Å²) >= 11 is 0. The first-order chi connectivity index (χ1) is 7.66. The largest absolute Gasteiger partial charge is 0.418 e. The van der Waals surface area contributed by atoms with Crippen molar-refractivity contribution in [1.29, 1.82) is 0 Å². The van der Waals surface area contributed by atoms with Gasteiger partial charge in [-0.2, -0.15) is 13.2 Å². The highest BCUT2D eigenvalue weighted by Crippen LogP contribution is 2.42. The molecule has 0 aromatic heterocycles. The number of nitrogens with zero attached hydrogens (tertiary/aromatic N) is 2. The van der Waals surface area contributed by atoms with Crippen LogP contribution in [0.2, 0.25) is 0 Å². The van der Waals surface area contributed by atoms with E-state index in [1.165, 1.54) is 0 Å². The van der Waals surface area contributed by atoms with E-state index in [9.17, 15) is 33.4 Å². The summed E-state index contributed by atoms with van der Waals surface area (Å²) in [6.07, 6.45) is -4.91. The van der Waals surface area contributed by atoms with E-state index in [0.717, 1.165) is 0 Å². The molecule has 1 rings (SSSR count). The number of hydrogen-bond donors (Lipinski definition) is 1. The molecule has 1 aromatic carbocycles. The van der Waals surface area contributed by atoms with Crippen LogP contribution in [0.3, 0.4) is 0 Å². The number of benzene rings is 1. The highest BCUT2D eigenvalue weighted by Gasteiger charge is 2.39. The van der Waals surface area contributed by atoms with Gasteiger partial charge in [-0.1, -0.05) is 0 Å². The van der Waals surface area contributed by atoms with Crippen LogP contribution in [0.5, 0.6) is 0 Å². The third-order valence-corrected chi connectivity index (χ3v) is 1.88. The smallest absolute Gasteiger partial charge is 0.392 e. The van der Waals surface area contributed by atoms with Crippen molar-refractivity contribution in [2.75, 3.05) is 5.73 Å². The normalized spacial score (nSPS) is 11.2. The van der Waals surface area contributed by atoms with Crippen LogP contribution in [-0.2, 0) is 6.18 Å². The van der Waals surface area contributed by atoms with Crippen LogP contribution in [-0.4, -0.2) is 9.85 Å². The predicted molar refractivity (Wildman–Crippen MR) is 49.2 cm³/mol. The summed E-state index contributed by atoms with van der Waals surface area (Å²) in [6.45, 7) is 0. The minimum absolute atomic E-state index is 0.334. The van der Waals surface area contributed by atoms with Crippen molar-refractivity contribution in [2.24, 2.45) is 0 Å². The average Bonchev–Trinajstić information content (AvgIpc) is 2.13. The molecule has 92 valence electrons. The van der Waals surface area contributed by atoms with E-state index >= 15 is 0 Å². The molecule has 0 aliphatic rings. The summed E-state index contributed by atoms with van der Waals surface area (Å²) in [4.78, 5) is 18.4. The predicted octanol–water partition coefficient (Wildman–Crippen LogP) is 2.10. The number of anilines is 1. The number of rotatable bonds is 2. The topological polar surface area (TPSA) is 112 Å². The number of nitro groups is 2. The van der Waals surface area contributed by atoms with Crippen molar-refractivity contribution >= 4 is 17.1 Å². The number of nitrogens with two attached hydrogens (primary N) is 1. The van der Waals surface area contributed by atoms with Gasteiger partial charge in [0.1, 0.15) is 5.69 Å². The molecule has 0 aliphatic heterocycles. The molecule has 1 aromatic rings. The Morgan fingerprint density at radius 3 is 2.00 bits per heavy atom. The summed E-state index contributed by atoms with van der Waals surface area (Å²) in [6, 6.07) is 0.734. The molecular formula is C7H4F3N3O4. The Kier molecular flexibility index (Phi) is 2.90. The molecule has 7 nitrogen and oxygen atoms in total. The van der Waals surface area contributed by atoms with E-state index in [2.05, 4.69) is 0 Å². The molecule has 17 heavy (non-hydrogen) atoms. The second-order valence-corrected chi connectivity index (χ2v) is 2.91. The van der Waals surface area contributed by atoms with Crippen molar-refractivity contribution < 1.29 is 23.0 Å². The molecular weight excluding hydrogens is 247 g/mol. The lowest BCUT2D eigenvalue weighted by Crippen LogP contribution is -2.11. The lowest BCUT2D eigenvalue weighted by Gasteiger charge is -2.09. The first-order valence-electron chi connectivity index (χ1n) is 3.94. The molecule has 0 heterocycles. The number of nitrogen functional groups attached to an aromatic ring is 1. The van der Waals surface area contributed by atoms with Crippen molar-refractivity contribution in [2.45, 2.75) is 6.18 Å². The fourth-order valence-electron chi connectivity index (χ4n) is 1.18. The molecule has 10 heteroatoms. The summed E-state index contributed by atoms with van der Waals surface area (Å²) in [7, 11) is 0. The van der Waals surface area contributed by atoms with Crippen LogP contribution in [0.4, 0.5) is 30.2 Å². The minimum atomic E-state index is -4.91. The van der Waals surface area contributed by atoms with Gasteiger partial charge in [0.25, 0.3) is 0 Å². The summed E-state index contributed by atoms with van der Waals surface area (Å²) < 4.78 is 37.1. The van der Waals surface area contributed by atoms with Crippen LogP contribution in [0.1, 0.15) is 5.56 Å². The maximum atomic E-state index is 12.4. The van der Waals surface area contributed by atoms with Gasteiger partial charge >= 0.3 is 17.6 Å². The van der Waals surface area contributed by atoms with Crippen molar-refractivity contribution in [3.05, 3.63) is 37.9 Å². The molecule has 0 unspecified atom stereocenters. The van der Waals surface area contributed by atoms with Crippen LogP contribution < -0.4 is 5.73 Å².